The van der Waals surface area contributed by atoms with Gasteiger partial charge in [-0.1, -0.05) is 6.07 Å². The molecule has 7 heteroatoms. The maximum atomic E-state index is 11.5. The monoisotopic (exact) mass is 265 g/mol. The molecule has 1 amide bonds. The summed E-state index contributed by atoms with van der Waals surface area (Å²) < 4.78 is 1.52. The zero-order valence-corrected chi connectivity index (χ0v) is 10.6. The maximum Gasteiger partial charge on any atom is 0.225 e. The van der Waals surface area contributed by atoms with Gasteiger partial charge in [0.2, 0.25) is 5.91 Å². The van der Waals surface area contributed by atoms with Crippen molar-refractivity contribution in [3.63, 3.8) is 0 Å². The number of hydrogen-bond acceptors (Lipinski definition) is 4. The van der Waals surface area contributed by atoms with E-state index in [1.54, 1.807) is 0 Å². The van der Waals surface area contributed by atoms with E-state index in [-0.39, 0.29) is 12.3 Å². The standard InChI is InChI=1S/C11H12ClN5O/c1-8-2-3-9(17-7-13-15-16-17)6-10(8)14-11(18)4-5-12/h2-3,6-7H,4-5H2,1H3,(H,14,18). The van der Waals surface area contributed by atoms with Crippen molar-refractivity contribution in [1.82, 2.24) is 20.2 Å². The quantitative estimate of drug-likeness (QED) is 0.851. The molecule has 0 saturated carbocycles. The Morgan fingerprint density at radius 1 is 1.50 bits per heavy atom. The van der Waals surface area contributed by atoms with Crippen LogP contribution in [0.4, 0.5) is 5.69 Å². The van der Waals surface area contributed by atoms with Gasteiger partial charge in [0.25, 0.3) is 0 Å². The fourth-order valence-corrected chi connectivity index (χ4v) is 1.64. The molecule has 1 heterocycles. The van der Waals surface area contributed by atoms with Crippen molar-refractivity contribution in [1.29, 1.82) is 0 Å². The molecule has 94 valence electrons. The summed E-state index contributed by atoms with van der Waals surface area (Å²) in [5.74, 6) is 0.194. The van der Waals surface area contributed by atoms with Crippen molar-refractivity contribution in [2.45, 2.75) is 13.3 Å². The smallest absolute Gasteiger partial charge is 0.225 e. The number of tetrazole rings is 1. The molecule has 0 unspecified atom stereocenters. The highest BCUT2D eigenvalue weighted by Gasteiger charge is 2.06. The summed E-state index contributed by atoms with van der Waals surface area (Å²) in [7, 11) is 0. The Morgan fingerprint density at radius 2 is 2.33 bits per heavy atom. The molecule has 1 aromatic heterocycles. The van der Waals surface area contributed by atoms with E-state index < -0.39 is 0 Å². The first-order valence-electron chi connectivity index (χ1n) is 5.40. The number of aromatic nitrogens is 4. The number of amides is 1. The number of carbonyl (C=O) groups is 1. The second kappa shape index (κ2) is 5.59. The van der Waals surface area contributed by atoms with Gasteiger partial charge in [-0.2, -0.15) is 0 Å². The molecule has 2 rings (SSSR count). The largest absolute Gasteiger partial charge is 0.326 e. The molecule has 6 nitrogen and oxygen atoms in total. The Hall–Kier alpha value is -1.95. The van der Waals surface area contributed by atoms with E-state index in [2.05, 4.69) is 20.8 Å². The lowest BCUT2D eigenvalue weighted by Gasteiger charge is -2.09. The summed E-state index contributed by atoms with van der Waals surface area (Å²) in [4.78, 5) is 11.5. The van der Waals surface area contributed by atoms with Crippen LogP contribution in [0.25, 0.3) is 5.69 Å². The molecule has 0 aliphatic carbocycles. The van der Waals surface area contributed by atoms with Crippen molar-refractivity contribution in [2.75, 3.05) is 11.2 Å². The summed E-state index contributed by atoms with van der Waals surface area (Å²) in [6, 6.07) is 5.59. The molecule has 0 fully saturated rings. The Bertz CT molecular complexity index is 540. The van der Waals surface area contributed by atoms with Crippen LogP contribution in [0, 0.1) is 6.92 Å². The van der Waals surface area contributed by atoms with Crippen molar-refractivity contribution in [3.8, 4) is 5.69 Å². The third-order valence-corrected chi connectivity index (χ3v) is 2.62. The Balaban J connectivity index is 2.24. The van der Waals surface area contributed by atoms with E-state index >= 15 is 0 Å². The molecule has 1 N–H and O–H groups in total. The van der Waals surface area contributed by atoms with Gasteiger partial charge in [-0.3, -0.25) is 4.79 Å². The summed E-state index contributed by atoms with van der Waals surface area (Å²) in [5, 5.41) is 13.7. The van der Waals surface area contributed by atoms with Crippen LogP contribution < -0.4 is 5.32 Å². The molecule has 0 radical (unpaired) electrons. The molecule has 0 aliphatic rings. The van der Waals surface area contributed by atoms with E-state index in [1.165, 1.54) is 11.0 Å². The molecule has 0 bridgehead atoms. The SMILES string of the molecule is Cc1ccc(-n2cnnn2)cc1NC(=O)CCCl. The van der Waals surface area contributed by atoms with Gasteiger partial charge in [-0.05, 0) is 35.0 Å². The van der Waals surface area contributed by atoms with Crippen molar-refractivity contribution in [3.05, 3.63) is 30.1 Å². The van der Waals surface area contributed by atoms with Crippen LogP contribution in [0.5, 0.6) is 0 Å². The number of rotatable bonds is 4. The minimum atomic E-state index is -0.109. The first-order chi connectivity index (χ1) is 8.70. The average molecular weight is 266 g/mol. The predicted octanol–water partition coefficient (Wildman–Crippen LogP) is 1.54. The van der Waals surface area contributed by atoms with Gasteiger partial charge in [0.05, 0.1) is 5.69 Å². The lowest BCUT2D eigenvalue weighted by atomic mass is 10.1. The number of alkyl halides is 1. The highest BCUT2D eigenvalue weighted by Crippen LogP contribution is 2.19. The van der Waals surface area contributed by atoms with E-state index in [9.17, 15) is 4.79 Å². The van der Waals surface area contributed by atoms with Crippen molar-refractivity contribution >= 4 is 23.2 Å². The molecule has 0 saturated heterocycles. The summed E-state index contributed by atoms with van der Waals surface area (Å²) >= 11 is 5.52. The van der Waals surface area contributed by atoms with Gasteiger partial charge < -0.3 is 5.32 Å². The molecule has 0 aliphatic heterocycles. The topological polar surface area (TPSA) is 72.7 Å². The van der Waals surface area contributed by atoms with Crippen LogP contribution in [0.15, 0.2) is 24.5 Å². The molecule has 1 aromatic carbocycles. The van der Waals surface area contributed by atoms with Crippen LogP contribution in [0.1, 0.15) is 12.0 Å². The number of halogens is 1. The maximum absolute atomic E-state index is 11.5. The Kier molecular flexibility index (Phi) is 3.88. The number of nitrogens with one attached hydrogen (secondary N) is 1. The lowest BCUT2D eigenvalue weighted by Crippen LogP contribution is -2.13. The van der Waals surface area contributed by atoms with E-state index in [0.29, 0.717) is 5.88 Å². The molecule has 2 aromatic rings. The minimum Gasteiger partial charge on any atom is -0.326 e. The van der Waals surface area contributed by atoms with E-state index in [0.717, 1.165) is 16.9 Å². The fourth-order valence-electron chi connectivity index (χ4n) is 1.47. The Labute approximate surface area is 109 Å². The van der Waals surface area contributed by atoms with Gasteiger partial charge in [-0.15, -0.1) is 16.7 Å². The zero-order chi connectivity index (χ0) is 13.0. The third kappa shape index (κ3) is 2.84. The van der Waals surface area contributed by atoms with Crippen LogP contribution in [0.3, 0.4) is 0 Å². The summed E-state index contributed by atoms with van der Waals surface area (Å²) in [5.41, 5.74) is 2.49. The number of hydrogen-bond donors (Lipinski definition) is 1. The number of nitrogens with zero attached hydrogens (tertiary/aromatic N) is 4. The summed E-state index contributed by atoms with van der Waals surface area (Å²) in [6.07, 6.45) is 1.78. The van der Waals surface area contributed by atoms with Crippen LogP contribution in [-0.2, 0) is 4.79 Å². The van der Waals surface area contributed by atoms with Gasteiger partial charge in [-0.25, -0.2) is 4.68 Å². The average Bonchev–Trinajstić information content (AvgIpc) is 2.86. The molecular weight excluding hydrogens is 254 g/mol. The second-order valence-electron chi connectivity index (χ2n) is 3.74. The van der Waals surface area contributed by atoms with Crippen LogP contribution in [-0.4, -0.2) is 32.0 Å². The number of benzene rings is 1. The number of carbonyl (C=O) groups excluding carboxylic acids is 1. The van der Waals surface area contributed by atoms with E-state index in [1.807, 2.05) is 25.1 Å². The second-order valence-corrected chi connectivity index (χ2v) is 4.12. The minimum absolute atomic E-state index is 0.109. The molecule has 18 heavy (non-hydrogen) atoms. The van der Waals surface area contributed by atoms with Gasteiger partial charge in [0.15, 0.2) is 0 Å². The summed E-state index contributed by atoms with van der Waals surface area (Å²) in [6.45, 7) is 1.92. The molecule has 0 atom stereocenters. The first kappa shape index (κ1) is 12.5. The molecule has 0 spiro atoms. The van der Waals surface area contributed by atoms with Gasteiger partial charge in [0, 0.05) is 18.0 Å². The van der Waals surface area contributed by atoms with E-state index in [4.69, 9.17) is 11.6 Å². The first-order valence-corrected chi connectivity index (χ1v) is 5.94. The van der Waals surface area contributed by atoms with Gasteiger partial charge >= 0.3 is 0 Å². The van der Waals surface area contributed by atoms with Crippen LogP contribution in [0.2, 0.25) is 0 Å². The number of aryl methyl sites for hydroxylation is 1. The number of anilines is 1. The highest BCUT2D eigenvalue weighted by molar-refractivity contribution is 6.19. The lowest BCUT2D eigenvalue weighted by molar-refractivity contribution is -0.115. The van der Waals surface area contributed by atoms with Crippen molar-refractivity contribution in [2.24, 2.45) is 0 Å². The fraction of sp³-hybridized carbons (Fsp3) is 0.273. The predicted molar refractivity (Wildman–Crippen MR) is 67.9 cm³/mol. The Morgan fingerprint density at radius 3 is 3.00 bits per heavy atom. The van der Waals surface area contributed by atoms with Crippen LogP contribution >= 0.6 is 11.6 Å². The third-order valence-electron chi connectivity index (χ3n) is 2.43. The van der Waals surface area contributed by atoms with Crippen molar-refractivity contribution < 1.29 is 4.79 Å². The normalized spacial score (nSPS) is 10.3. The molecular formula is C11H12ClN5O. The van der Waals surface area contributed by atoms with Gasteiger partial charge in [0.1, 0.15) is 6.33 Å². The zero-order valence-electron chi connectivity index (χ0n) is 9.80. The highest BCUT2D eigenvalue weighted by atomic mass is 35.5.